The molecule has 1 aliphatic rings. The van der Waals surface area contributed by atoms with Crippen molar-refractivity contribution in [2.75, 3.05) is 53.2 Å². The molecule has 0 fully saturated rings. The summed E-state index contributed by atoms with van der Waals surface area (Å²) >= 11 is 0. The van der Waals surface area contributed by atoms with Crippen LogP contribution < -0.4 is 10.6 Å². The van der Waals surface area contributed by atoms with Crippen molar-refractivity contribution in [2.45, 2.75) is 33.1 Å². The molecule has 0 spiro atoms. The number of hydrogen-bond donors (Lipinski definition) is 2. The van der Waals surface area contributed by atoms with Crippen molar-refractivity contribution in [1.29, 1.82) is 0 Å². The third-order valence-electron chi connectivity index (χ3n) is 5.55. The SMILES string of the molecule is CCCNCCOCCOCC1=C(C(=O)OCC)[C@H](c2c(F)c(F)c(F)c(F)c2F)C(C(=O)OC)=C(C)N1. The molecular weight excluding hydrogens is 519 g/mol. The number of rotatable bonds is 14. The van der Waals surface area contributed by atoms with Crippen LogP contribution in [0.5, 0.6) is 0 Å². The summed E-state index contributed by atoms with van der Waals surface area (Å²) in [6, 6.07) is 0. The molecule has 0 saturated heterocycles. The normalized spacial score (nSPS) is 15.6. The molecule has 1 heterocycles. The summed E-state index contributed by atoms with van der Waals surface area (Å²) in [5.74, 6) is -15.6. The summed E-state index contributed by atoms with van der Waals surface area (Å²) < 4.78 is 92.7. The van der Waals surface area contributed by atoms with Crippen LogP contribution in [0.4, 0.5) is 22.0 Å². The minimum atomic E-state index is -2.38. The highest BCUT2D eigenvalue weighted by Gasteiger charge is 2.43. The average molecular weight is 551 g/mol. The summed E-state index contributed by atoms with van der Waals surface area (Å²) in [6.07, 6.45) is 0.978. The average Bonchev–Trinajstić information content (AvgIpc) is 2.89. The van der Waals surface area contributed by atoms with Crippen molar-refractivity contribution in [3.8, 4) is 0 Å². The Bertz CT molecular complexity index is 1060. The zero-order valence-electron chi connectivity index (χ0n) is 21.6. The van der Waals surface area contributed by atoms with Crippen LogP contribution >= 0.6 is 0 Å². The second-order valence-corrected chi connectivity index (χ2v) is 8.10. The molecule has 1 aromatic rings. The molecule has 0 amide bonds. The van der Waals surface area contributed by atoms with Crippen molar-refractivity contribution >= 4 is 11.9 Å². The lowest BCUT2D eigenvalue weighted by molar-refractivity contribution is -0.139. The third-order valence-corrected chi connectivity index (χ3v) is 5.55. The Hall–Kier alpha value is -3.03. The van der Waals surface area contributed by atoms with E-state index in [0.29, 0.717) is 13.2 Å². The second-order valence-electron chi connectivity index (χ2n) is 8.10. The molecule has 0 unspecified atom stereocenters. The first-order valence-electron chi connectivity index (χ1n) is 12.0. The molecule has 0 bridgehead atoms. The van der Waals surface area contributed by atoms with Gasteiger partial charge in [-0.25, -0.2) is 31.5 Å². The van der Waals surface area contributed by atoms with E-state index in [2.05, 4.69) is 15.4 Å². The van der Waals surface area contributed by atoms with E-state index in [9.17, 15) is 31.5 Å². The Balaban J connectivity index is 2.50. The standard InChI is InChI=1S/C25H31F5N2O6/c1-5-7-31-8-9-36-10-11-37-12-14-16(25(34)38-6-2)17(15(13(3)32-14)24(33)35-4)18-19(26)21(28)23(30)22(29)20(18)27/h17,31-32H,5-12H2,1-4H3/t17-/m1/s1. The van der Waals surface area contributed by atoms with Crippen molar-refractivity contribution in [2.24, 2.45) is 0 Å². The number of benzene rings is 1. The van der Waals surface area contributed by atoms with Gasteiger partial charge >= 0.3 is 11.9 Å². The Kier molecular flexibility index (Phi) is 12.1. The first-order chi connectivity index (χ1) is 18.1. The van der Waals surface area contributed by atoms with E-state index >= 15 is 0 Å². The zero-order chi connectivity index (χ0) is 28.4. The van der Waals surface area contributed by atoms with Crippen molar-refractivity contribution in [3.05, 3.63) is 57.2 Å². The van der Waals surface area contributed by atoms with Gasteiger partial charge in [0.15, 0.2) is 23.3 Å². The minimum Gasteiger partial charge on any atom is -0.466 e. The number of hydrogen-bond acceptors (Lipinski definition) is 8. The van der Waals surface area contributed by atoms with Gasteiger partial charge in [-0.2, -0.15) is 0 Å². The molecule has 8 nitrogen and oxygen atoms in total. The van der Waals surface area contributed by atoms with Crippen LogP contribution in [0, 0.1) is 29.1 Å². The molecule has 38 heavy (non-hydrogen) atoms. The van der Waals surface area contributed by atoms with E-state index in [0.717, 1.165) is 20.1 Å². The molecule has 2 N–H and O–H groups in total. The molecule has 212 valence electrons. The predicted molar refractivity (Wildman–Crippen MR) is 125 cm³/mol. The van der Waals surface area contributed by atoms with Gasteiger partial charge in [0, 0.05) is 17.8 Å². The highest BCUT2D eigenvalue weighted by atomic mass is 19.2. The van der Waals surface area contributed by atoms with Crippen LogP contribution in [0.2, 0.25) is 0 Å². The number of dihydropyridines is 1. The minimum absolute atomic E-state index is 0.0457. The van der Waals surface area contributed by atoms with Crippen LogP contribution in [-0.2, 0) is 28.5 Å². The molecule has 0 radical (unpaired) electrons. The molecule has 0 saturated carbocycles. The number of carbonyl (C=O) groups excluding carboxylic acids is 2. The lowest BCUT2D eigenvalue weighted by Crippen LogP contribution is -2.36. The fourth-order valence-electron chi connectivity index (χ4n) is 3.84. The summed E-state index contributed by atoms with van der Waals surface area (Å²) in [7, 11) is 0.961. The van der Waals surface area contributed by atoms with Crippen LogP contribution in [0.3, 0.4) is 0 Å². The molecular formula is C25H31F5N2O6. The van der Waals surface area contributed by atoms with Gasteiger partial charge in [-0.15, -0.1) is 0 Å². The fourth-order valence-corrected chi connectivity index (χ4v) is 3.84. The number of nitrogens with one attached hydrogen (secondary N) is 2. The molecule has 1 aromatic carbocycles. The predicted octanol–water partition coefficient (Wildman–Crippen LogP) is 3.37. The molecule has 2 rings (SSSR count). The summed E-state index contributed by atoms with van der Waals surface area (Å²) in [5.41, 5.74) is -2.63. The summed E-state index contributed by atoms with van der Waals surface area (Å²) in [6.45, 7) is 6.39. The lowest BCUT2D eigenvalue weighted by Gasteiger charge is -2.31. The molecule has 0 aromatic heterocycles. The maximum absolute atomic E-state index is 15.0. The Morgan fingerprint density at radius 1 is 0.842 bits per heavy atom. The van der Waals surface area contributed by atoms with E-state index in [-0.39, 0.29) is 37.8 Å². The lowest BCUT2D eigenvalue weighted by atomic mass is 9.79. The zero-order valence-corrected chi connectivity index (χ0v) is 21.6. The number of allylic oxidation sites excluding steroid dienone is 1. The summed E-state index contributed by atoms with van der Waals surface area (Å²) in [5, 5.41) is 5.91. The van der Waals surface area contributed by atoms with E-state index in [4.69, 9.17) is 14.2 Å². The first-order valence-corrected chi connectivity index (χ1v) is 12.0. The molecule has 13 heteroatoms. The highest BCUT2D eigenvalue weighted by Crippen LogP contribution is 2.42. The van der Waals surface area contributed by atoms with Gasteiger partial charge in [-0.1, -0.05) is 6.92 Å². The van der Waals surface area contributed by atoms with Gasteiger partial charge in [-0.05, 0) is 26.8 Å². The molecule has 0 aliphatic carbocycles. The topological polar surface area (TPSA) is 95.1 Å². The van der Waals surface area contributed by atoms with Crippen molar-refractivity contribution in [1.82, 2.24) is 10.6 Å². The quantitative estimate of drug-likeness (QED) is 0.120. The van der Waals surface area contributed by atoms with Gasteiger partial charge in [0.1, 0.15) is 0 Å². The summed E-state index contributed by atoms with van der Waals surface area (Å²) in [4.78, 5) is 25.6. The monoisotopic (exact) mass is 550 g/mol. The van der Waals surface area contributed by atoms with Gasteiger partial charge in [0.2, 0.25) is 5.82 Å². The Morgan fingerprint density at radius 3 is 2.03 bits per heavy atom. The molecule has 1 atom stereocenters. The van der Waals surface area contributed by atoms with Crippen LogP contribution in [0.1, 0.15) is 38.7 Å². The van der Waals surface area contributed by atoms with E-state index in [1.54, 1.807) is 0 Å². The van der Waals surface area contributed by atoms with Crippen LogP contribution in [0.15, 0.2) is 22.5 Å². The van der Waals surface area contributed by atoms with Crippen molar-refractivity contribution < 1.29 is 50.5 Å². The van der Waals surface area contributed by atoms with Gasteiger partial charge in [0.25, 0.3) is 0 Å². The highest BCUT2D eigenvalue weighted by molar-refractivity contribution is 6.00. The number of ether oxygens (including phenoxy) is 4. The van der Waals surface area contributed by atoms with Gasteiger partial charge in [-0.3, -0.25) is 0 Å². The van der Waals surface area contributed by atoms with Crippen LogP contribution in [0.25, 0.3) is 0 Å². The number of halogens is 5. The van der Waals surface area contributed by atoms with E-state index in [1.165, 1.54) is 13.8 Å². The van der Waals surface area contributed by atoms with Gasteiger partial charge < -0.3 is 29.6 Å². The largest absolute Gasteiger partial charge is 0.466 e. The van der Waals surface area contributed by atoms with E-state index < -0.39 is 63.7 Å². The fraction of sp³-hybridized carbons (Fsp3) is 0.520. The van der Waals surface area contributed by atoms with Gasteiger partial charge in [0.05, 0.1) is 62.9 Å². The third kappa shape index (κ3) is 7.08. The maximum atomic E-state index is 15.0. The number of methoxy groups -OCH3 is 1. The van der Waals surface area contributed by atoms with Crippen LogP contribution in [-0.4, -0.2) is 65.2 Å². The molecule has 1 aliphatic heterocycles. The Morgan fingerprint density at radius 2 is 1.45 bits per heavy atom. The number of esters is 2. The maximum Gasteiger partial charge on any atom is 0.336 e. The Labute approximate surface area is 217 Å². The smallest absolute Gasteiger partial charge is 0.336 e. The number of carbonyl (C=O) groups is 2. The van der Waals surface area contributed by atoms with E-state index in [1.807, 2.05) is 6.92 Å². The second kappa shape index (κ2) is 14.8. The first kappa shape index (κ1) is 31.2. The van der Waals surface area contributed by atoms with Crippen molar-refractivity contribution in [3.63, 3.8) is 0 Å².